The Hall–Kier alpha value is -2.68. The summed E-state index contributed by atoms with van der Waals surface area (Å²) in [4.78, 5) is 17.3. The number of aromatic nitrogens is 3. The zero-order chi connectivity index (χ0) is 17.4. The maximum absolute atomic E-state index is 12.8. The maximum atomic E-state index is 12.8. The monoisotopic (exact) mass is 342 g/mol. The van der Waals surface area contributed by atoms with Crippen LogP contribution in [0.15, 0.2) is 47.5 Å². The van der Waals surface area contributed by atoms with Gasteiger partial charge in [-0.2, -0.15) is 0 Å². The fourth-order valence-corrected chi connectivity index (χ4v) is 2.88. The van der Waals surface area contributed by atoms with Gasteiger partial charge in [0.2, 0.25) is 0 Å². The van der Waals surface area contributed by atoms with Gasteiger partial charge >= 0.3 is 5.69 Å². The van der Waals surface area contributed by atoms with Crippen molar-refractivity contribution in [3.8, 4) is 11.3 Å². The predicted octanol–water partition coefficient (Wildman–Crippen LogP) is 2.25. The molecule has 1 aliphatic rings. The molecule has 0 aliphatic carbocycles. The first-order valence-electron chi connectivity index (χ1n) is 8.07. The molecule has 4 rings (SSSR count). The van der Waals surface area contributed by atoms with Crippen molar-refractivity contribution in [1.82, 2.24) is 14.0 Å². The molecule has 1 fully saturated rings. The average Bonchev–Trinajstić information content (AvgIpc) is 3.29. The lowest BCUT2D eigenvalue weighted by atomic mass is 10.1. The number of imidazole rings is 1. The molecule has 1 aromatic carbocycles. The van der Waals surface area contributed by atoms with E-state index < -0.39 is 6.23 Å². The van der Waals surface area contributed by atoms with Gasteiger partial charge in [-0.3, -0.25) is 19.7 Å². The number of hydrogen-bond donors (Lipinski definition) is 2. The van der Waals surface area contributed by atoms with Crippen LogP contribution in [0, 0.1) is 0 Å². The van der Waals surface area contributed by atoms with E-state index in [2.05, 4.69) is 10.5 Å². The zero-order valence-electron chi connectivity index (χ0n) is 13.6. The molecule has 8 heteroatoms. The second kappa shape index (κ2) is 6.32. The summed E-state index contributed by atoms with van der Waals surface area (Å²) in [5.41, 5.74) is 4.52. The highest BCUT2D eigenvalue weighted by molar-refractivity contribution is 5.64. The summed E-state index contributed by atoms with van der Waals surface area (Å²) in [7, 11) is 0. The van der Waals surface area contributed by atoms with Gasteiger partial charge in [0.15, 0.2) is 12.5 Å². The van der Waals surface area contributed by atoms with Crippen LogP contribution in [0.25, 0.3) is 16.9 Å². The third-order valence-electron chi connectivity index (χ3n) is 4.23. The summed E-state index contributed by atoms with van der Waals surface area (Å²) in [6, 6.07) is 8.87. The molecule has 8 nitrogen and oxygen atoms in total. The summed E-state index contributed by atoms with van der Waals surface area (Å²) >= 11 is 0. The minimum atomic E-state index is -0.428. The lowest BCUT2D eigenvalue weighted by Crippen LogP contribution is -2.30. The number of hydrogen-bond acceptors (Lipinski definition) is 6. The number of anilines is 1. The van der Waals surface area contributed by atoms with Crippen LogP contribution in [0.1, 0.15) is 19.6 Å². The van der Waals surface area contributed by atoms with Crippen molar-refractivity contribution in [1.29, 1.82) is 0 Å². The predicted molar refractivity (Wildman–Crippen MR) is 90.5 cm³/mol. The van der Waals surface area contributed by atoms with Crippen LogP contribution < -0.4 is 11.2 Å². The second-order valence-corrected chi connectivity index (χ2v) is 5.81. The van der Waals surface area contributed by atoms with Crippen LogP contribution in [-0.4, -0.2) is 32.1 Å². The quantitative estimate of drug-likeness (QED) is 0.707. The van der Waals surface area contributed by atoms with E-state index >= 15 is 0 Å². The largest absolute Gasteiger partial charge is 0.348 e. The molecule has 2 N–H and O–H groups in total. The number of fused-ring (bicyclic) bond motifs is 1. The summed E-state index contributed by atoms with van der Waals surface area (Å²) in [6.07, 6.45) is 3.41. The van der Waals surface area contributed by atoms with Gasteiger partial charge in [0.05, 0.1) is 18.0 Å². The van der Waals surface area contributed by atoms with Gasteiger partial charge in [-0.05, 0) is 24.6 Å². The summed E-state index contributed by atoms with van der Waals surface area (Å²) in [5.74, 6) is 0. The highest BCUT2D eigenvalue weighted by atomic mass is 16.7. The Morgan fingerprint density at radius 2 is 2.12 bits per heavy atom. The van der Waals surface area contributed by atoms with Crippen LogP contribution in [0.4, 0.5) is 5.69 Å². The molecule has 0 bridgehead atoms. The van der Waals surface area contributed by atoms with E-state index in [1.165, 1.54) is 8.97 Å². The molecule has 25 heavy (non-hydrogen) atoms. The lowest BCUT2D eigenvalue weighted by molar-refractivity contribution is -0.0731. The number of nitrogens with zero attached hydrogens (tertiary/aromatic N) is 3. The molecule has 2 aromatic heterocycles. The molecule has 1 saturated heterocycles. The van der Waals surface area contributed by atoms with Crippen LogP contribution in [0.3, 0.4) is 0 Å². The molecular formula is C17H18N4O4. The van der Waals surface area contributed by atoms with Gasteiger partial charge in [-0.1, -0.05) is 19.1 Å². The summed E-state index contributed by atoms with van der Waals surface area (Å²) in [5, 5.41) is 8.88. The Balaban J connectivity index is 1.71. The Morgan fingerprint density at radius 1 is 1.32 bits per heavy atom. The molecule has 1 aliphatic heterocycles. The maximum Gasteiger partial charge on any atom is 0.336 e. The minimum Gasteiger partial charge on any atom is -0.348 e. The SMILES string of the molecule is CC[C@@H]1OC[C@@H](n2ccc3nc(-c4ccc(NO)cc4)cn3c2=O)O1. The molecule has 0 unspecified atom stereocenters. The Bertz CT molecular complexity index is 947. The average molecular weight is 342 g/mol. The molecule has 0 spiro atoms. The third kappa shape index (κ3) is 2.80. The van der Waals surface area contributed by atoms with Crippen molar-refractivity contribution in [2.24, 2.45) is 0 Å². The molecular weight excluding hydrogens is 324 g/mol. The first-order valence-corrected chi connectivity index (χ1v) is 8.07. The van der Waals surface area contributed by atoms with E-state index in [1.54, 1.807) is 30.6 Å². The van der Waals surface area contributed by atoms with E-state index in [4.69, 9.17) is 14.7 Å². The van der Waals surface area contributed by atoms with Crippen LogP contribution in [0.5, 0.6) is 0 Å². The van der Waals surface area contributed by atoms with E-state index in [0.717, 1.165) is 12.0 Å². The first-order chi connectivity index (χ1) is 12.2. The second-order valence-electron chi connectivity index (χ2n) is 5.81. The van der Waals surface area contributed by atoms with Crippen molar-refractivity contribution in [3.63, 3.8) is 0 Å². The molecule has 2 atom stereocenters. The van der Waals surface area contributed by atoms with Crippen LogP contribution in [-0.2, 0) is 9.47 Å². The zero-order valence-corrected chi connectivity index (χ0v) is 13.6. The number of rotatable bonds is 4. The van der Waals surface area contributed by atoms with Gasteiger partial charge < -0.3 is 9.47 Å². The Morgan fingerprint density at radius 3 is 2.80 bits per heavy atom. The first kappa shape index (κ1) is 15.8. The van der Waals surface area contributed by atoms with Gasteiger partial charge in [-0.15, -0.1) is 0 Å². The van der Waals surface area contributed by atoms with Gasteiger partial charge in [-0.25, -0.2) is 9.78 Å². The summed E-state index contributed by atoms with van der Waals surface area (Å²) < 4.78 is 14.2. The molecule has 130 valence electrons. The van der Waals surface area contributed by atoms with E-state index in [9.17, 15) is 4.79 Å². The van der Waals surface area contributed by atoms with Gasteiger partial charge in [0, 0.05) is 18.0 Å². The van der Waals surface area contributed by atoms with E-state index in [1.807, 2.05) is 19.1 Å². The number of ether oxygens (including phenoxy) is 2. The molecule has 0 amide bonds. The molecule has 3 heterocycles. The van der Waals surface area contributed by atoms with Gasteiger partial charge in [0.1, 0.15) is 5.65 Å². The minimum absolute atomic E-state index is 0.227. The van der Waals surface area contributed by atoms with Crippen molar-refractivity contribution in [3.05, 3.63) is 53.2 Å². The van der Waals surface area contributed by atoms with Crippen molar-refractivity contribution < 1.29 is 14.7 Å². The van der Waals surface area contributed by atoms with E-state index in [0.29, 0.717) is 23.6 Å². The fourth-order valence-electron chi connectivity index (χ4n) is 2.88. The van der Waals surface area contributed by atoms with E-state index in [-0.39, 0.29) is 12.0 Å². The topological polar surface area (TPSA) is 90.0 Å². The summed E-state index contributed by atoms with van der Waals surface area (Å²) in [6.45, 7) is 2.32. The van der Waals surface area contributed by atoms with Crippen molar-refractivity contribution in [2.45, 2.75) is 25.9 Å². The van der Waals surface area contributed by atoms with Crippen molar-refractivity contribution in [2.75, 3.05) is 12.1 Å². The number of nitrogens with one attached hydrogen (secondary N) is 1. The molecule has 0 radical (unpaired) electrons. The Kier molecular flexibility index (Phi) is 4.00. The van der Waals surface area contributed by atoms with Crippen LogP contribution >= 0.6 is 0 Å². The highest BCUT2D eigenvalue weighted by Crippen LogP contribution is 2.23. The van der Waals surface area contributed by atoms with Crippen molar-refractivity contribution >= 4 is 11.3 Å². The smallest absolute Gasteiger partial charge is 0.336 e. The molecule has 0 saturated carbocycles. The fraction of sp³-hybridized carbons (Fsp3) is 0.294. The molecule has 3 aromatic rings. The highest BCUT2D eigenvalue weighted by Gasteiger charge is 2.27. The third-order valence-corrected chi connectivity index (χ3v) is 4.23. The van der Waals surface area contributed by atoms with Crippen LogP contribution in [0.2, 0.25) is 0 Å². The standard InChI is InChI=1S/C17H18N4O4/c1-2-16-24-10-15(25-16)20-8-7-14-18-13(9-21(14)17(20)22)11-3-5-12(19-23)6-4-11/h3-9,15-16,19,23H,2,10H2,1H3/t15-,16+/m0/s1. The van der Waals surface area contributed by atoms with Gasteiger partial charge in [0.25, 0.3) is 0 Å². The normalized spacial score (nSPS) is 20.2. The Labute approximate surface area is 143 Å². The lowest BCUT2D eigenvalue weighted by Gasteiger charge is -2.12. The number of benzene rings is 1.